The monoisotopic (exact) mass is 382 g/mol. The molecule has 1 unspecified atom stereocenters. The van der Waals surface area contributed by atoms with Crippen LogP contribution in [0.5, 0.6) is 0 Å². The predicted octanol–water partition coefficient (Wildman–Crippen LogP) is -13.2. The van der Waals surface area contributed by atoms with Crippen LogP contribution < -0.4 is 148 Å². The molecule has 0 aliphatic carbocycles. The van der Waals surface area contributed by atoms with Gasteiger partial charge in [0.2, 0.25) is 0 Å². The second-order valence-corrected chi connectivity index (χ2v) is 5.37. The molecule has 0 spiro atoms. The number of carbonyl (C=O) groups is 2. The summed E-state index contributed by atoms with van der Waals surface area (Å²) in [6.45, 7) is 0.902. The van der Waals surface area contributed by atoms with Crippen molar-refractivity contribution in [1.82, 2.24) is 0 Å². The molecule has 0 aliphatic heterocycles. The van der Waals surface area contributed by atoms with E-state index in [1.165, 1.54) is 6.92 Å². The maximum absolute atomic E-state index is 11.2. The van der Waals surface area contributed by atoms with Gasteiger partial charge in [-0.2, -0.15) is 0 Å². The first-order valence-corrected chi connectivity index (χ1v) is 6.56. The van der Waals surface area contributed by atoms with Gasteiger partial charge in [0.1, 0.15) is 0 Å². The van der Waals surface area contributed by atoms with Gasteiger partial charge < -0.3 is 26.6 Å². The fourth-order valence-electron chi connectivity index (χ4n) is 0.447. The Bertz CT molecular complexity index is 387. The van der Waals surface area contributed by atoms with Crippen molar-refractivity contribution in [1.29, 1.82) is 0 Å². The minimum Gasteiger partial charge on any atom is -1.00 e. The van der Waals surface area contributed by atoms with Gasteiger partial charge in [0.25, 0.3) is 0 Å². The van der Waals surface area contributed by atoms with Crippen molar-refractivity contribution in [2.24, 2.45) is 0 Å². The smallest absolute Gasteiger partial charge is 1.00 e. The van der Waals surface area contributed by atoms with Gasteiger partial charge in [-0.25, -0.2) is 18.7 Å². The molecule has 16 heteroatoms. The molecule has 0 saturated heterocycles. The number of carbonyl (C=O) groups excluding carboxylic acids is 1. The molecule has 1 atom stereocenters. The number of carboxylic acid groups (broad SMARTS) is 1. The van der Waals surface area contributed by atoms with Crippen LogP contribution in [0.2, 0.25) is 0 Å². The molecule has 3 N–H and O–H groups in total. The van der Waals surface area contributed by atoms with E-state index in [2.05, 4.69) is 9.05 Å². The molecule has 0 bridgehead atoms. The maximum Gasteiger partial charge on any atom is 1.00 e. The summed E-state index contributed by atoms with van der Waals surface area (Å²) in [5.41, 5.74) is -4.31. The van der Waals surface area contributed by atoms with Crippen molar-refractivity contribution in [2.45, 2.75) is 6.92 Å². The van der Waals surface area contributed by atoms with E-state index in [4.69, 9.17) is 14.9 Å². The van der Waals surface area contributed by atoms with E-state index in [9.17, 15) is 18.7 Å². The standard InChI is InChI=1S/C4H8O9P2.5Na.5H/c1-2-12-15(11,3(5)6)13-4(7)14(8,9)10;;;;;;;;;;/h2H2,1H3,(H,5,6)(H2,8,9,10);;;;;;;;;;/q;5*+1;5*-1. The molecule has 0 amide bonds. The summed E-state index contributed by atoms with van der Waals surface area (Å²) in [5.74, 6) is 0. The molecular formula is C4H13Na5O9P2. The quantitative estimate of drug-likeness (QED) is 0.311. The van der Waals surface area contributed by atoms with Gasteiger partial charge in [0, 0.05) is 0 Å². The van der Waals surface area contributed by atoms with Gasteiger partial charge in [-0.1, -0.05) is 0 Å². The fourth-order valence-corrected chi connectivity index (χ4v) is 1.98. The first-order valence-electron chi connectivity index (χ1n) is 3.41. The minimum atomic E-state index is -5.29. The van der Waals surface area contributed by atoms with Gasteiger partial charge >= 0.3 is 174 Å². The van der Waals surface area contributed by atoms with Crippen LogP contribution in [0, 0.1) is 0 Å². The SMILES string of the molecule is CCOP(=O)(OC(=O)P(=O)(O)O)C(=O)O.[H-].[H-].[H-].[H-].[H-].[Na+].[Na+].[Na+].[Na+].[Na+]. The van der Waals surface area contributed by atoms with E-state index in [1.807, 2.05) is 0 Å². The van der Waals surface area contributed by atoms with Crippen LogP contribution in [0.4, 0.5) is 9.59 Å². The van der Waals surface area contributed by atoms with Gasteiger partial charge in [0.15, 0.2) is 0 Å². The Morgan fingerprint density at radius 2 is 1.40 bits per heavy atom. The Morgan fingerprint density at radius 1 is 1.05 bits per heavy atom. The molecule has 20 heavy (non-hydrogen) atoms. The van der Waals surface area contributed by atoms with Crippen molar-refractivity contribution >= 4 is 26.6 Å². The van der Waals surface area contributed by atoms with Crippen molar-refractivity contribution < 1.29 is 198 Å². The Labute approximate surface area is 233 Å². The molecule has 9 nitrogen and oxygen atoms in total. The van der Waals surface area contributed by atoms with E-state index >= 15 is 0 Å². The minimum absolute atomic E-state index is 0. The first-order chi connectivity index (χ1) is 6.63. The fraction of sp³-hybridized carbons (Fsp3) is 0.500. The summed E-state index contributed by atoms with van der Waals surface area (Å²) < 4.78 is 29.2. The molecule has 0 aromatic rings. The average molecular weight is 382 g/mol. The van der Waals surface area contributed by atoms with Crippen molar-refractivity contribution in [3.63, 3.8) is 0 Å². The summed E-state index contributed by atoms with van der Waals surface area (Å²) in [7, 11) is -10.2. The summed E-state index contributed by atoms with van der Waals surface area (Å²) in [6, 6.07) is 0. The maximum atomic E-state index is 11.2. The van der Waals surface area contributed by atoms with Gasteiger partial charge in [0.05, 0.1) is 6.61 Å². The summed E-state index contributed by atoms with van der Waals surface area (Å²) >= 11 is 0. The zero-order valence-electron chi connectivity index (χ0n) is 17.4. The van der Waals surface area contributed by atoms with Crippen molar-refractivity contribution in [3.8, 4) is 0 Å². The number of hydrogen-bond donors (Lipinski definition) is 3. The second-order valence-electron chi connectivity index (χ2n) is 2.10. The van der Waals surface area contributed by atoms with E-state index in [0.29, 0.717) is 0 Å². The predicted molar refractivity (Wildman–Crippen MR) is 51.3 cm³/mol. The second kappa shape index (κ2) is 18.1. The molecule has 0 heterocycles. The normalized spacial score (nSPS) is 11.6. The summed E-state index contributed by atoms with van der Waals surface area (Å²) in [4.78, 5) is 37.4. The van der Waals surface area contributed by atoms with Crippen LogP contribution in [-0.4, -0.2) is 32.9 Å². The molecule has 0 radical (unpaired) electrons. The van der Waals surface area contributed by atoms with E-state index in [-0.39, 0.29) is 162 Å². The van der Waals surface area contributed by atoms with Crippen LogP contribution >= 0.6 is 15.2 Å². The van der Waals surface area contributed by atoms with Gasteiger partial charge in [-0.15, -0.1) is 0 Å². The Kier molecular flexibility index (Phi) is 35.6. The van der Waals surface area contributed by atoms with Crippen LogP contribution in [0.1, 0.15) is 14.1 Å². The van der Waals surface area contributed by atoms with Crippen LogP contribution in [-0.2, 0) is 18.2 Å². The van der Waals surface area contributed by atoms with Crippen molar-refractivity contribution in [3.05, 3.63) is 0 Å². The van der Waals surface area contributed by atoms with Gasteiger partial charge in [-0.05, 0) is 6.92 Å². The summed E-state index contributed by atoms with van der Waals surface area (Å²) in [5, 5.41) is 8.36. The van der Waals surface area contributed by atoms with Crippen LogP contribution in [0.3, 0.4) is 0 Å². The Morgan fingerprint density at radius 3 is 1.60 bits per heavy atom. The molecule has 98 valence electrons. The topological polar surface area (TPSA) is 147 Å². The average Bonchev–Trinajstić information content (AvgIpc) is 2.02. The van der Waals surface area contributed by atoms with E-state index in [1.54, 1.807) is 0 Å². The Balaban J connectivity index is -0.0000000218. The number of rotatable bonds is 5. The van der Waals surface area contributed by atoms with Crippen LogP contribution in [0.15, 0.2) is 0 Å². The Hall–Kier alpha value is 4.28. The van der Waals surface area contributed by atoms with Crippen LogP contribution in [0.25, 0.3) is 0 Å². The van der Waals surface area contributed by atoms with Crippen molar-refractivity contribution in [2.75, 3.05) is 6.61 Å². The van der Waals surface area contributed by atoms with Gasteiger partial charge in [-0.3, -0.25) is 4.52 Å². The number of hydrogen-bond acceptors (Lipinski definition) is 6. The van der Waals surface area contributed by atoms with E-state index in [0.717, 1.165) is 0 Å². The van der Waals surface area contributed by atoms with E-state index < -0.39 is 26.6 Å². The zero-order chi connectivity index (χ0) is 12.3. The largest absolute Gasteiger partial charge is 1.00 e. The third kappa shape index (κ3) is 15.8. The molecule has 0 aromatic heterocycles. The zero-order valence-corrected chi connectivity index (χ0v) is 24.2. The first kappa shape index (κ1) is 39.4. The third-order valence-corrected chi connectivity index (χ3v) is 3.15. The molecular weight excluding hydrogens is 369 g/mol. The molecule has 0 aromatic carbocycles. The molecule has 0 fully saturated rings. The molecule has 0 saturated carbocycles. The third-order valence-electron chi connectivity index (χ3n) is 0.969. The molecule has 0 aliphatic rings. The molecule has 0 rings (SSSR count). The summed E-state index contributed by atoms with van der Waals surface area (Å²) in [6.07, 6.45) is 0.